The predicted molar refractivity (Wildman–Crippen MR) is 145 cm³/mol. The summed E-state index contributed by atoms with van der Waals surface area (Å²) in [5.41, 5.74) is 4.52. The second kappa shape index (κ2) is 12.1. The Kier molecular flexibility index (Phi) is 8.40. The van der Waals surface area contributed by atoms with E-state index in [1.54, 1.807) is 12.1 Å². The number of hydrogen-bond donors (Lipinski definition) is 1. The van der Waals surface area contributed by atoms with Gasteiger partial charge in [-0.1, -0.05) is 12.1 Å². The molecule has 0 radical (unpaired) electrons. The summed E-state index contributed by atoms with van der Waals surface area (Å²) in [7, 11) is 0. The van der Waals surface area contributed by atoms with Crippen LogP contribution in [0.4, 0.5) is 23.7 Å². The fourth-order valence-corrected chi connectivity index (χ4v) is 5.54. The summed E-state index contributed by atoms with van der Waals surface area (Å²) in [6.07, 6.45) is 4.37. The maximum atomic E-state index is 14.9. The van der Waals surface area contributed by atoms with Crippen LogP contribution in [0.15, 0.2) is 48.5 Å². The summed E-state index contributed by atoms with van der Waals surface area (Å²) in [6, 6.07) is 11.7. The molecule has 3 aromatic carbocycles. The van der Waals surface area contributed by atoms with Crippen molar-refractivity contribution in [3.63, 3.8) is 0 Å². The van der Waals surface area contributed by atoms with Crippen molar-refractivity contribution in [2.75, 3.05) is 31.1 Å². The summed E-state index contributed by atoms with van der Waals surface area (Å²) >= 11 is 0. The maximum Gasteiger partial charge on any atom is 0.414 e. The number of halogens is 3. The van der Waals surface area contributed by atoms with Crippen LogP contribution < -0.4 is 4.90 Å². The zero-order chi connectivity index (χ0) is 28.2. The monoisotopic (exact) mass is 552 g/mol. The molecule has 1 heterocycles. The molecule has 5 rings (SSSR count). The Labute approximate surface area is 231 Å². The number of anilines is 1. The second-order valence-electron chi connectivity index (χ2n) is 10.3. The lowest BCUT2D eigenvalue weighted by Crippen LogP contribution is -2.32. The Morgan fingerprint density at radius 1 is 0.800 bits per heavy atom. The van der Waals surface area contributed by atoms with Gasteiger partial charge in [0.05, 0.1) is 12.2 Å². The molecule has 0 spiro atoms. The van der Waals surface area contributed by atoms with E-state index in [0.717, 1.165) is 49.4 Å². The first-order valence-corrected chi connectivity index (χ1v) is 13.6. The molecule has 1 aliphatic heterocycles. The number of rotatable bonds is 5. The number of aromatic carboxylic acids is 1. The number of ether oxygens (including phenoxy) is 1. The van der Waals surface area contributed by atoms with Crippen molar-refractivity contribution >= 4 is 17.7 Å². The van der Waals surface area contributed by atoms with E-state index in [1.807, 2.05) is 6.07 Å². The molecule has 1 fully saturated rings. The van der Waals surface area contributed by atoms with Gasteiger partial charge in [0.2, 0.25) is 0 Å². The van der Waals surface area contributed by atoms with Crippen LogP contribution in [0, 0.1) is 17.5 Å². The molecule has 1 amide bonds. The van der Waals surface area contributed by atoms with Crippen LogP contribution in [-0.2, 0) is 24.1 Å². The smallest absolute Gasteiger partial charge is 0.414 e. The first kappa shape index (κ1) is 27.7. The van der Waals surface area contributed by atoms with Crippen molar-refractivity contribution in [2.24, 2.45) is 0 Å². The van der Waals surface area contributed by atoms with Crippen LogP contribution in [-0.4, -0.2) is 48.3 Å². The van der Waals surface area contributed by atoms with Gasteiger partial charge < -0.3 is 9.84 Å². The van der Waals surface area contributed by atoms with Crippen LogP contribution in [0.3, 0.4) is 0 Å². The Bertz CT molecular complexity index is 1410. The molecule has 40 heavy (non-hydrogen) atoms. The van der Waals surface area contributed by atoms with E-state index in [4.69, 9.17) is 9.84 Å². The van der Waals surface area contributed by atoms with Crippen LogP contribution in [0.2, 0.25) is 0 Å². The van der Waals surface area contributed by atoms with Crippen molar-refractivity contribution in [3.8, 4) is 11.1 Å². The number of amides is 1. The van der Waals surface area contributed by atoms with Gasteiger partial charge in [0.15, 0.2) is 11.6 Å². The molecule has 0 bridgehead atoms. The predicted octanol–water partition coefficient (Wildman–Crippen LogP) is 6.59. The molecule has 3 aromatic rings. The van der Waals surface area contributed by atoms with Crippen LogP contribution >= 0.6 is 0 Å². The zero-order valence-corrected chi connectivity index (χ0v) is 22.1. The van der Waals surface area contributed by atoms with Gasteiger partial charge in [0, 0.05) is 37.0 Å². The normalized spacial score (nSPS) is 16.8. The number of nitrogens with zero attached hydrogens (tertiary/aromatic N) is 2. The Morgan fingerprint density at radius 3 is 2.23 bits per heavy atom. The summed E-state index contributed by atoms with van der Waals surface area (Å²) in [6.45, 7) is 2.46. The minimum absolute atomic E-state index is 0.0555. The lowest BCUT2D eigenvalue weighted by atomic mass is 9.93. The molecule has 0 atom stereocenters. The third-order valence-corrected chi connectivity index (χ3v) is 7.61. The van der Waals surface area contributed by atoms with Gasteiger partial charge in [-0.05, 0) is 97.7 Å². The van der Waals surface area contributed by atoms with Crippen LogP contribution in [0.1, 0.15) is 52.7 Å². The van der Waals surface area contributed by atoms with Gasteiger partial charge in [0.1, 0.15) is 5.82 Å². The average Bonchev–Trinajstić information content (AvgIpc) is 3.38. The molecular weight excluding hydrogens is 521 g/mol. The van der Waals surface area contributed by atoms with E-state index in [-0.39, 0.29) is 17.7 Å². The standard InChI is InChI=1S/C31H31F3N2O4/c32-27-18-29(34)28(33)17-26(27)25-16-22-6-3-5-21(22)15-23(25)19-35-11-1-2-13-36(31(39)40-14-4-12-35)24-9-7-20(8-10-24)30(37)38/h7-10,15-18H,1-6,11-14,19H2,(H,37,38). The molecule has 1 N–H and O–H groups in total. The van der Waals surface area contributed by atoms with Gasteiger partial charge in [-0.2, -0.15) is 0 Å². The lowest BCUT2D eigenvalue weighted by Gasteiger charge is -2.24. The fraction of sp³-hybridized carbons (Fsp3) is 0.355. The summed E-state index contributed by atoms with van der Waals surface area (Å²) in [5, 5.41) is 9.15. The molecule has 1 saturated heterocycles. The van der Waals surface area contributed by atoms with Gasteiger partial charge in [0.25, 0.3) is 0 Å². The van der Waals surface area contributed by atoms with E-state index < -0.39 is 29.5 Å². The maximum absolute atomic E-state index is 14.9. The van der Waals surface area contributed by atoms with Crippen LogP contribution in [0.25, 0.3) is 11.1 Å². The third kappa shape index (κ3) is 6.14. The lowest BCUT2D eigenvalue weighted by molar-refractivity contribution is 0.0697. The highest BCUT2D eigenvalue weighted by molar-refractivity contribution is 5.91. The van der Waals surface area contributed by atoms with Gasteiger partial charge >= 0.3 is 12.1 Å². The van der Waals surface area contributed by atoms with E-state index in [0.29, 0.717) is 49.8 Å². The molecule has 9 heteroatoms. The van der Waals surface area contributed by atoms with E-state index in [1.165, 1.54) is 22.6 Å². The Morgan fingerprint density at radius 2 is 1.48 bits per heavy atom. The molecule has 1 aliphatic carbocycles. The minimum atomic E-state index is -1.21. The number of carbonyl (C=O) groups is 2. The molecule has 6 nitrogen and oxygen atoms in total. The topological polar surface area (TPSA) is 70.1 Å². The molecule has 0 saturated carbocycles. The highest BCUT2D eigenvalue weighted by Gasteiger charge is 2.22. The van der Waals surface area contributed by atoms with Crippen LogP contribution in [0.5, 0.6) is 0 Å². The quantitative estimate of drug-likeness (QED) is 0.362. The van der Waals surface area contributed by atoms with Gasteiger partial charge in [-0.15, -0.1) is 0 Å². The second-order valence-corrected chi connectivity index (χ2v) is 10.3. The van der Waals surface area contributed by atoms with E-state index >= 15 is 0 Å². The number of benzene rings is 3. The first-order chi connectivity index (χ1) is 19.3. The number of carboxylic acid groups (broad SMARTS) is 1. The Hall–Kier alpha value is -3.85. The number of cyclic esters (lactones) is 1. The zero-order valence-electron chi connectivity index (χ0n) is 22.1. The summed E-state index contributed by atoms with van der Waals surface area (Å²) in [5.74, 6) is -4.12. The van der Waals surface area contributed by atoms with E-state index in [2.05, 4.69) is 11.0 Å². The fourth-order valence-electron chi connectivity index (χ4n) is 5.54. The molecular formula is C31H31F3N2O4. The number of carbonyl (C=O) groups excluding carboxylic acids is 1. The number of hydrogen-bond acceptors (Lipinski definition) is 4. The summed E-state index contributed by atoms with van der Waals surface area (Å²) < 4.78 is 48.2. The Balaban J connectivity index is 1.34. The largest absolute Gasteiger partial charge is 0.478 e. The highest BCUT2D eigenvalue weighted by atomic mass is 19.2. The van der Waals surface area contributed by atoms with Crippen molar-refractivity contribution < 1.29 is 32.6 Å². The number of carboxylic acids is 1. The number of fused-ring (bicyclic) bond motifs is 1. The SMILES string of the molecule is O=C(O)c1ccc(N2CCCCN(Cc3cc4c(cc3-c3cc(F)c(F)cc3F)CCC4)CCCOC2=O)cc1. The highest BCUT2D eigenvalue weighted by Crippen LogP contribution is 2.35. The van der Waals surface area contributed by atoms with Crippen molar-refractivity contribution in [1.29, 1.82) is 0 Å². The van der Waals surface area contributed by atoms with Gasteiger partial charge in [-0.25, -0.2) is 22.8 Å². The minimum Gasteiger partial charge on any atom is -0.478 e. The van der Waals surface area contributed by atoms with E-state index in [9.17, 15) is 22.8 Å². The van der Waals surface area contributed by atoms with Crippen molar-refractivity contribution in [1.82, 2.24) is 4.90 Å². The first-order valence-electron chi connectivity index (χ1n) is 13.6. The average molecular weight is 553 g/mol. The molecule has 210 valence electrons. The number of aryl methyl sites for hydroxylation is 2. The summed E-state index contributed by atoms with van der Waals surface area (Å²) in [4.78, 5) is 27.7. The molecule has 2 aliphatic rings. The molecule has 0 aromatic heterocycles. The van der Waals surface area contributed by atoms with Crippen molar-refractivity contribution in [2.45, 2.75) is 45.1 Å². The van der Waals surface area contributed by atoms with Gasteiger partial charge in [-0.3, -0.25) is 9.80 Å². The van der Waals surface area contributed by atoms with Crippen molar-refractivity contribution in [3.05, 3.63) is 88.2 Å². The third-order valence-electron chi connectivity index (χ3n) is 7.61. The molecule has 0 unspecified atom stereocenters.